The van der Waals surface area contributed by atoms with E-state index >= 15 is 0 Å². The fourth-order valence-electron chi connectivity index (χ4n) is 4.78. The third kappa shape index (κ3) is 5.40. The summed E-state index contributed by atoms with van der Waals surface area (Å²) in [5.41, 5.74) is 2.96. The maximum atomic E-state index is 12.9. The standard InChI is InChI=1S/C26H27ClN4O3/c1-16-10-21(27)12-19(24(16)30-25(33)20-13-22(15-28)29-23(32)14-20)11-17-6-8-31(9-7-17)26(34)18-4-2-3-5-18/h10-14,18H,2-9H2,1H3,(H,29,32)(H,30,33). The number of carbonyl (C=O) groups excluding carboxylic acids is 2. The van der Waals surface area contributed by atoms with Crippen molar-refractivity contribution in [3.63, 3.8) is 0 Å². The highest BCUT2D eigenvalue weighted by molar-refractivity contribution is 6.31. The number of carbonyl (C=O) groups is 2. The summed E-state index contributed by atoms with van der Waals surface area (Å²) >= 11 is 6.31. The second-order valence-corrected chi connectivity index (χ2v) is 9.45. The lowest BCUT2D eigenvalue weighted by Gasteiger charge is -2.30. The van der Waals surface area contributed by atoms with E-state index in [4.69, 9.17) is 16.9 Å². The minimum absolute atomic E-state index is 0.0201. The van der Waals surface area contributed by atoms with Gasteiger partial charge >= 0.3 is 0 Å². The zero-order valence-electron chi connectivity index (χ0n) is 19.1. The Balaban J connectivity index is 1.53. The van der Waals surface area contributed by atoms with Crippen LogP contribution in [-0.4, -0.2) is 34.8 Å². The van der Waals surface area contributed by atoms with E-state index in [2.05, 4.69) is 10.3 Å². The second-order valence-electron chi connectivity index (χ2n) is 9.01. The normalized spacial score (nSPS) is 16.3. The van der Waals surface area contributed by atoms with Crippen molar-refractivity contribution >= 4 is 35.2 Å². The number of benzene rings is 1. The number of nitrogens with zero attached hydrogens (tertiary/aromatic N) is 2. The summed E-state index contributed by atoms with van der Waals surface area (Å²) in [5.74, 6) is -0.00274. The molecule has 1 saturated carbocycles. The second kappa shape index (κ2) is 10.3. The average Bonchev–Trinajstić information content (AvgIpc) is 3.36. The van der Waals surface area contributed by atoms with Gasteiger partial charge in [0.25, 0.3) is 5.91 Å². The minimum Gasteiger partial charge on any atom is -0.342 e. The molecule has 34 heavy (non-hydrogen) atoms. The predicted molar refractivity (Wildman–Crippen MR) is 132 cm³/mol. The summed E-state index contributed by atoms with van der Waals surface area (Å²) in [7, 11) is 0. The molecular weight excluding hydrogens is 452 g/mol. The quantitative estimate of drug-likeness (QED) is 0.666. The molecule has 0 bridgehead atoms. The third-order valence-corrected chi connectivity index (χ3v) is 6.80. The molecule has 1 saturated heterocycles. The lowest BCUT2D eigenvalue weighted by Crippen LogP contribution is -2.39. The molecule has 0 spiro atoms. The number of H-pyrrole nitrogens is 1. The summed E-state index contributed by atoms with van der Waals surface area (Å²) < 4.78 is 0. The van der Waals surface area contributed by atoms with Gasteiger partial charge in [-0.25, -0.2) is 0 Å². The molecule has 7 nitrogen and oxygen atoms in total. The smallest absolute Gasteiger partial charge is 0.255 e. The van der Waals surface area contributed by atoms with Crippen LogP contribution < -0.4 is 10.9 Å². The first-order chi connectivity index (χ1) is 16.3. The monoisotopic (exact) mass is 478 g/mol. The molecule has 2 heterocycles. The summed E-state index contributed by atoms with van der Waals surface area (Å²) in [5, 5.41) is 12.5. The van der Waals surface area contributed by atoms with Gasteiger partial charge in [-0.1, -0.05) is 36.1 Å². The molecule has 1 aromatic carbocycles. The van der Waals surface area contributed by atoms with Crippen LogP contribution in [0.2, 0.25) is 5.02 Å². The van der Waals surface area contributed by atoms with E-state index in [1.165, 1.54) is 11.6 Å². The molecule has 1 aliphatic heterocycles. The fourth-order valence-corrected chi connectivity index (χ4v) is 5.06. The lowest BCUT2D eigenvalue weighted by molar-refractivity contribution is -0.135. The molecule has 1 aromatic heterocycles. The van der Waals surface area contributed by atoms with E-state index in [1.807, 2.05) is 24.0 Å². The van der Waals surface area contributed by atoms with Crippen LogP contribution in [0.5, 0.6) is 0 Å². The molecule has 2 aliphatic rings. The number of aromatic amines is 1. The van der Waals surface area contributed by atoms with Crippen molar-refractivity contribution in [1.29, 1.82) is 5.26 Å². The van der Waals surface area contributed by atoms with Crippen LogP contribution in [0.25, 0.3) is 6.08 Å². The van der Waals surface area contributed by atoms with Crippen LogP contribution >= 0.6 is 11.6 Å². The van der Waals surface area contributed by atoms with E-state index in [-0.39, 0.29) is 23.1 Å². The first-order valence-electron chi connectivity index (χ1n) is 11.6. The van der Waals surface area contributed by atoms with E-state index < -0.39 is 11.5 Å². The van der Waals surface area contributed by atoms with Gasteiger partial charge in [-0.3, -0.25) is 14.4 Å². The van der Waals surface area contributed by atoms with Gasteiger partial charge in [-0.05, 0) is 61.9 Å². The highest BCUT2D eigenvalue weighted by Gasteiger charge is 2.28. The maximum Gasteiger partial charge on any atom is 0.255 e. The number of aryl methyl sites for hydroxylation is 1. The van der Waals surface area contributed by atoms with E-state index in [9.17, 15) is 14.4 Å². The van der Waals surface area contributed by atoms with Gasteiger partial charge in [0.1, 0.15) is 11.8 Å². The van der Waals surface area contributed by atoms with Crippen molar-refractivity contribution in [2.75, 3.05) is 18.4 Å². The highest BCUT2D eigenvalue weighted by Crippen LogP contribution is 2.32. The van der Waals surface area contributed by atoms with Crippen LogP contribution in [-0.2, 0) is 4.79 Å². The van der Waals surface area contributed by atoms with Crippen LogP contribution in [0.1, 0.15) is 65.7 Å². The molecule has 0 radical (unpaired) electrons. The molecule has 2 N–H and O–H groups in total. The van der Waals surface area contributed by atoms with Gasteiger partial charge in [0, 0.05) is 35.7 Å². The number of anilines is 1. The SMILES string of the molecule is Cc1cc(Cl)cc(C=C2CCN(C(=O)C3CCCC3)CC2)c1NC(=O)c1cc(C#N)[nH]c(=O)c1. The van der Waals surface area contributed by atoms with Crippen molar-refractivity contribution in [2.24, 2.45) is 5.92 Å². The maximum absolute atomic E-state index is 12.9. The predicted octanol–water partition coefficient (Wildman–Crippen LogP) is 4.66. The number of rotatable bonds is 4. The molecular formula is C26H27ClN4O3. The Morgan fingerprint density at radius 3 is 2.56 bits per heavy atom. The fraction of sp³-hybridized carbons (Fsp3) is 0.385. The Hall–Kier alpha value is -3.37. The largest absolute Gasteiger partial charge is 0.342 e. The molecule has 2 amide bonds. The highest BCUT2D eigenvalue weighted by atomic mass is 35.5. The molecule has 0 atom stereocenters. The Kier molecular flexibility index (Phi) is 7.18. The molecule has 2 aromatic rings. The molecule has 1 aliphatic carbocycles. The molecule has 4 rings (SSSR count). The van der Waals surface area contributed by atoms with Crippen molar-refractivity contribution in [3.8, 4) is 6.07 Å². The van der Waals surface area contributed by atoms with Crippen LogP contribution in [0.4, 0.5) is 5.69 Å². The minimum atomic E-state index is -0.515. The van der Waals surface area contributed by atoms with E-state index in [0.29, 0.717) is 23.8 Å². The van der Waals surface area contributed by atoms with Gasteiger partial charge < -0.3 is 15.2 Å². The number of amides is 2. The Bertz CT molecular complexity index is 1240. The molecule has 8 heteroatoms. The molecule has 176 valence electrons. The average molecular weight is 479 g/mol. The number of aromatic nitrogens is 1. The van der Waals surface area contributed by atoms with Crippen molar-refractivity contribution in [2.45, 2.75) is 45.4 Å². The Labute approximate surface area is 203 Å². The number of piperidine rings is 1. The molecule has 2 fully saturated rings. The summed E-state index contributed by atoms with van der Waals surface area (Å²) in [6.07, 6.45) is 7.89. The van der Waals surface area contributed by atoms with Crippen LogP contribution in [0, 0.1) is 24.2 Å². The third-order valence-electron chi connectivity index (χ3n) is 6.58. The number of nitrogens with one attached hydrogen (secondary N) is 2. The van der Waals surface area contributed by atoms with E-state index in [1.54, 1.807) is 12.1 Å². The van der Waals surface area contributed by atoms with Crippen molar-refractivity contribution in [1.82, 2.24) is 9.88 Å². The first kappa shape index (κ1) is 23.8. The first-order valence-corrected chi connectivity index (χ1v) is 12.0. The number of hydrogen-bond donors (Lipinski definition) is 2. The Morgan fingerprint density at radius 2 is 1.88 bits per heavy atom. The van der Waals surface area contributed by atoms with Crippen molar-refractivity contribution < 1.29 is 9.59 Å². The van der Waals surface area contributed by atoms with Gasteiger partial charge in [-0.2, -0.15) is 5.26 Å². The van der Waals surface area contributed by atoms with Gasteiger partial charge in [0.05, 0.1) is 5.69 Å². The van der Waals surface area contributed by atoms with Crippen molar-refractivity contribution in [3.05, 3.63) is 67.6 Å². The number of likely N-dealkylation sites (tertiary alicyclic amines) is 1. The molecule has 0 unspecified atom stereocenters. The van der Waals surface area contributed by atoms with Gasteiger partial charge in [0.2, 0.25) is 11.5 Å². The zero-order chi connectivity index (χ0) is 24.2. The Morgan fingerprint density at radius 1 is 1.18 bits per heavy atom. The summed E-state index contributed by atoms with van der Waals surface area (Å²) in [4.78, 5) is 41.8. The number of nitriles is 1. The number of pyridine rings is 1. The summed E-state index contributed by atoms with van der Waals surface area (Å²) in [6.45, 7) is 3.25. The number of hydrogen-bond acceptors (Lipinski definition) is 4. The van der Waals surface area contributed by atoms with Crippen LogP contribution in [0.15, 0.2) is 34.6 Å². The van der Waals surface area contributed by atoms with Crippen LogP contribution in [0.3, 0.4) is 0 Å². The van der Waals surface area contributed by atoms with Gasteiger partial charge in [-0.15, -0.1) is 0 Å². The summed E-state index contributed by atoms with van der Waals surface area (Å²) in [6, 6.07) is 7.92. The van der Waals surface area contributed by atoms with Gasteiger partial charge in [0.15, 0.2) is 0 Å². The zero-order valence-corrected chi connectivity index (χ0v) is 19.9. The lowest BCUT2D eigenvalue weighted by atomic mass is 9.97. The topological polar surface area (TPSA) is 106 Å². The number of halogens is 1. The van der Waals surface area contributed by atoms with E-state index in [0.717, 1.165) is 55.7 Å².